The second-order valence-electron chi connectivity index (χ2n) is 5.10. The van der Waals surface area contributed by atoms with Gasteiger partial charge in [-0.15, -0.1) is 0 Å². The monoisotopic (exact) mass is 357 g/mol. The molecule has 0 amide bonds. The number of hydrogen-bond donors (Lipinski definition) is 1. The first kappa shape index (κ1) is 16.8. The van der Waals surface area contributed by atoms with Crippen LogP contribution in [-0.2, 0) is 13.2 Å². The van der Waals surface area contributed by atoms with Crippen molar-refractivity contribution in [3.05, 3.63) is 76.5 Å². The van der Waals surface area contributed by atoms with Crippen LogP contribution in [0.15, 0.2) is 52.9 Å². The van der Waals surface area contributed by atoms with E-state index in [-0.39, 0.29) is 29.9 Å². The SMILES string of the molecule is N#Cc1nc(COc2ccccc2Cl)oc1NCc1ccc(F)cc1. The van der Waals surface area contributed by atoms with Crippen molar-refractivity contribution in [2.24, 2.45) is 0 Å². The van der Waals surface area contributed by atoms with E-state index < -0.39 is 0 Å². The average Bonchev–Trinajstić information content (AvgIpc) is 3.03. The minimum absolute atomic E-state index is 0.0383. The molecule has 126 valence electrons. The van der Waals surface area contributed by atoms with Gasteiger partial charge in [-0.3, -0.25) is 0 Å². The topological polar surface area (TPSA) is 71.1 Å². The molecule has 5 nitrogen and oxygen atoms in total. The Hall–Kier alpha value is -3.04. The fourth-order valence-electron chi connectivity index (χ4n) is 2.11. The molecule has 3 aromatic rings. The van der Waals surface area contributed by atoms with Gasteiger partial charge in [0.05, 0.1) is 5.02 Å². The lowest BCUT2D eigenvalue weighted by Gasteiger charge is -2.05. The van der Waals surface area contributed by atoms with Gasteiger partial charge in [-0.25, -0.2) is 4.39 Å². The lowest BCUT2D eigenvalue weighted by molar-refractivity contribution is 0.265. The Labute approximate surface area is 148 Å². The van der Waals surface area contributed by atoms with E-state index in [9.17, 15) is 9.65 Å². The molecule has 1 aromatic heterocycles. The van der Waals surface area contributed by atoms with Crippen LogP contribution in [0.5, 0.6) is 5.75 Å². The van der Waals surface area contributed by atoms with E-state index in [1.54, 1.807) is 36.4 Å². The van der Waals surface area contributed by atoms with E-state index in [1.807, 2.05) is 6.07 Å². The van der Waals surface area contributed by atoms with Gasteiger partial charge in [0.25, 0.3) is 0 Å². The van der Waals surface area contributed by atoms with Gasteiger partial charge >= 0.3 is 0 Å². The van der Waals surface area contributed by atoms with Crippen molar-refractivity contribution < 1.29 is 13.5 Å². The van der Waals surface area contributed by atoms with Gasteiger partial charge in [-0.1, -0.05) is 35.9 Å². The van der Waals surface area contributed by atoms with Crippen molar-refractivity contribution in [2.45, 2.75) is 13.2 Å². The number of aromatic nitrogens is 1. The number of para-hydroxylation sites is 1. The van der Waals surface area contributed by atoms with Crippen molar-refractivity contribution in [2.75, 3.05) is 5.32 Å². The maximum Gasteiger partial charge on any atom is 0.236 e. The van der Waals surface area contributed by atoms with Crippen LogP contribution in [0.25, 0.3) is 0 Å². The molecule has 0 bridgehead atoms. The van der Waals surface area contributed by atoms with Crippen molar-refractivity contribution >= 4 is 17.5 Å². The van der Waals surface area contributed by atoms with E-state index in [0.29, 0.717) is 17.3 Å². The zero-order valence-electron chi connectivity index (χ0n) is 13.0. The highest BCUT2D eigenvalue weighted by atomic mass is 35.5. The minimum atomic E-state index is -0.305. The number of nitrogens with zero attached hydrogens (tertiary/aromatic N) is 2. The summed E-state index contributed by atoms with van der Waals surface area (Å²) in [7, 11) is 0. The molecule has 0 saturated heterocycles. The Morgan fingerprint density at radius 3 is 2.68 bits per heavy atom. The smallest absolute Gasteiger partial charge is 0.236 e. The standard InChI is InChI=1S/C18H13ClFN3O2/c19-14-3-1-2-4-16(14)24-11-17-23-15(9-21)18(25-17)22-10-12-5-7-13(20)8-6-12/h1-8,22H,10-11H2. The first-order valence-corrected chi connectivity index (χ1v) is 7.79. The summed E-state index contributed by atoms with van der Waals surface area (Å²) in [6.07, 6.45) is 0. The molecular formula is C18H13ClFN3O2. The second-order valence-corrected chi connectivity index (χ2v) is 5.50. The largest absolute Gasteiger partial charge is 0.482 e. The predicted molar refractivity (Wildman–Crippen MR) is 90.7 cm³/mol. The molecule has 0 fully saturated rings. The number of nitrogens with one attached hydrogen (secondary N) is 1. The van der Waals surface area contributed by atoms with Gasteiger partial charge in [0, 0.05) is 6.54 Å². The van der Waals surface area contributed by atoms with Crippen LogP contribution in [-0.4, -0.2) is 4.98 Å². The van der Waals surface area contributed by atoms with Crippen molar-refractivity contribution in [1.29, 1.82) is 5.26 Å². The summed E-state index contributed by atoms with van der Waals surface area (Å²) in [5.41, 5.74) is 0.968. The van der Waals surface area contributed by atoms with Gasteiger partial charge in [-0.2, -0.15) is 10.2 Å². The number of halogens is 2. The highest BCUT2D eigenvalue weighted by molar-refractivity contribution is 6.32. The Morgan fingerprint density at radius 2 is 1.96 bits per heavy atom. The summed E-state index contributed by atoms with van der Waals surface area (Å²) in [5.74, 6) is 0.685. The summed E-state index contributed by atoms with van der Waals surface area (Å²) < 4.78 is 24.0. The fraction of sp³-hybridized carbons (Fsp3) is 0.111. The van der Waals surface area contributed by atoms with Crippen LogP contribution >= 0.6 is 11.6 Å². The van der Waals surface area contributed by atoms with Crippen LogP contribution in [0.4, 0.5) is 10.3 Å². The molecule has 0 atom stereocenters. The van der Waals surface area contributed by atoms with Crippen LogP contribution in [0.3, 0.4) is 0 Å². The Morgan fingerprint density at radius 1 is 1.20 bits per heavy atom. The summed E-state index contributed by atoms with van der Waals surface area (Å²) in [4.78, 5) is 4.08. The minimum Gasteiger partial charge on any atom is -0.482 e. The Bertz CT molecular complexity index is 903. The number of ether oxygens (including phenoxy) is 1. The van der Waals surface area contributed by atoms with Gasteiger partial charge < -0.3 is 14.5 Å². The van der Waals surface area contributed by atoms with Crippen LogP contribution in [0.1, 0.15) is 17.1 Å². The van der Waals surface area contributed by atoms with E-state index in [1.165, 1.54) is 12.1 Å². The Kier molecular flexibility index (Phi) is 5.17. The van der Waals surface area contributed by atoms with Crippen LogP contribution < -0.4 is 10.1 Å². The number of nitriles is 1. The van der Waals surface area contributed by atoms with Crippen LogP contribution in [0.2, 0.25) is 5.02 Å². The summed E-state index contributed by atoms with van der Waals surface area (Å²) in [5, 5.41) is 12.6. The zero-order valence-corrected chi connectivity index (χ0v) is 13.8. The molecule has 25 heavy (non-hydrogen) atoms. The van der Waals surface area contributed by atoms with Crippen molar-refractivity contribution in [3.63, 3.8) is 0 Å². The normalized spacial score (nSPS) is 10.3. The molecule has 2 aromatic carbocycles. The molecule has 0 radical (unpaired) electrons. The van der Waals surface area contributed by atoms with Gasteiger partial charge in [0.15, 0.2) is 6.61 Å². The third kappa shape index (κ3) is 4.28. The van der Waals surface area contributed by atoms with Crippen molar-refractivity contribution in [1.82, 2.24) is 4.98 Å². The number of anilines is 1. The number of rotatable bonds is 6. The maximum atomic E-state index is 12.9. The number of oxazole rings is 1. The molecular weight excluding hydrogens is 345 g/mol. The van der Waals surface area contributed by atoms with E-state index in [0.717, 1.165) is 5.56 Å². The molecule has 7 heteroatoms. The van der Waals surface area contributed by atoms with E-state index in [2.05, 4.69) is 10.3 Å². The highest BCUT2D eigenvalue weighted by Gasteiger charge is 2.14. The molecule has 3 rings (SSSR count). The lowest BCUT2D eigenvalue weighted by Crippen LogP contribution is -1.99. The van der Waals surface area contributed by atoms with Gasteiger partial charge in [0.1, 0.15) is 17.6 Å². The molecule has 1 N–H and O–H groups in total. The lowest BCUT2D eigenvalue weighted by atomic mass is 10.2. The molecule has 0 spiro atoms. The van der Waals surface area contributed by atoms with E-state index in [4.69, 9.17) is 20.8 Å². The third-order valence-corrected chi connectivity index (χ3v) is 3.64. The highest BCUT2D eigenvalue weighted by Crippen LogP contribution is 2.25. The van der Waals surface area contributed by atoms with E-state index >= 15 is 0 Å². The molecule has 0 aliphatic heterocycles. The summed E-state index contributed by atoms with van der Waals surface area (Å²) >= 11 is 6.02. The fourth-order valence-corrected chi connectivity index (χ4v) is 2.30. The Balaban J connectivity index is 1.66. The molecule has 0 unspecified atom stereocenters. The van der Waals surface area contributed by atoms with Crippen LogP contribution in [0, 0.1) is 17.1 Å². The first-order chi connectivity index (χ1) is 12.2. The average molecular weight is 358 g/mol. The maximum absolute atomic E-state index is 12.9. The number of benzene rings is 2. The van der Waals surface area contributed by atoms with Gasteiger partial charge in [0.2, 0.25) is 17.5 Å². The zero-order chi connectivity index (χ0) is 17.6. The number of hydrogen-bond acceptors (Lipinski definition) is 5. The first-order valence-electron chi connectivity index (χ1n) is 7.41. The third-order valence-electron chi connectivity index (χ3n) is 3.33. The van der Waals surface area contributed by atoms with Gasteiger partial charge in [-0.05, 0) is 29.8 Å². The summed E-state index contributed by atoms with van der Waals surface area (Å²) in [6.45, 7) is 0.408. The predicted octanol–water partition coefficient (Wildman–Crippen LogP) is 4.53. The molecule has 0 aliphatic rings. The molecule has 0 saturated carbocycles. The molecule has 1 heterocycles. The second kappa shape index (κ2) is 7.69. The summed E-state index contributed by atoms with van der Waals surface area (Å²) in [6, 6.07) is 15.0. The molecule has 0 aliphatic carbocycles. The van der Waals surface area contributed by atoms with Crippen molar-refractivity contribution in [3.8, 4) is 11.8 Å². The quantitative estimate of drug-likeness (QED) is 0.701.